The van der Waals surface area contributed by atoms with Crippen molar-refractivity contribution in [3.63, 3.8) is 0 Å². The van der Waals surface area contributed by atoms with Gasteiger partial charge in [-0.25, -0.2) is 10.2 Å². The van der Waals surface area contributed by atoms with Crippen LogP contribution in [0.15, 0.2) is 17.2 Å². The van der Waals surface area contributed by atoms with Gasteiger partial charge in [-0.05, 0) is 17.7 Å². The number of fused-ring (bicyclic) bond motifs is 1. The van der Waals surface area contributed by atoms with E-state index in [-0.39, 0.29) is 6.79 Å². The van der Waals surface area contributed by atoms with Gasteiger partial charge in [0.25, 0.3) is 0 Å². The fraction of sp³-hybridized carbons (Fsp3) is 0.273. The predicted octanol–water partition coefficient (Wildman–Crippen LogP) is 1.29. The maximum absolute atomic E-state index is 10.5. The summed E-state index contributed by atoms with van der Waals surface area (Å²) >= 11 is 5.87. The Morgan fingerprint density at radius 3 is 3.17 bits per heavy atom. The van der Waals surface area contributed by atoms with Crippen LogP contribution >= 0.6 is 11.6 Å². The highest BCUT2D eigenvalue weighted by molar-refractivity contribution is 6.17. The van der Waals surface area contributed by atoms with Gasteiger partial charge < -0.3 is 15.2 Å². The fourth-order valence-corrected chi connectivity index (χ4v) is 1.87. The Bertz CT molecular complexity index is 473. The van der Waals surface area contributed by atoms with Crippen molar-refractivity contribution in [2.24, 2.45) is 10.8 Å². The maximum atomic E-state index is 10.5. The summed E-state index contributed by atoms with van der Waals surface area (Å²) in [4.78, 5) is 10.5. The number of urea groups is 1. The van der Waals surface area contributed by atoms with Crippen LogP contribution in [0.3, 0.4) is 0 Å². The zero-order chi connectivity index (χ0) is 13.0. The molecular weight excluding hydrogens is 258 g/mol. The number of carbonyl (C=O) groups is 1. The Balaban J connectivity index is 2.26. The van der Waals surface area contributed by atoms with Gasteiger partial charge in [-0.15, -0.1) is 11.6 Å². The standard InChI is InChI=1S/C11H12ClN3O3/c12-3-8-1-7(4-14-15-11(13)16)2-9-5-17-6-18-10(8)9/h1-2,4H,3,5-6H2,(H3,13,15,16). The fourth-order valence-electron chi connectivity index (χ4n) is 1.67. The summed E-state index contributed by atoms with van der Waals surface area (Å²) in [5.41, 5.74) is 9.57. The van der Waals surface area contributed by atoms with E-state index in [1.807, 2.05) is 12.1 Å². The summed E-state index contributed by atoms with van der Waals surface area (Å²) in [6.07, 6.45) is 1.48. The molecule has 0 spiro atoms. The van der Waals surface area contributed by atoms with Crippen molar-refractivity contribution >= 4 is 23.8 Å². The van der Waals surface area contributed by atoms with E-state index in [2.05, 4.69) is 10.5 Å². The molecule has 0 unspecified atom stereocenters. The first kappa shape index (κ1) is 12.7. The molecule has 0 aromatic heterocycles. The number of primary amides is 1. The molecule has 1 aliphatic rings. The van der Waals surface area contributed by atoms with Gasteiger partial charge in [0.2, 0.25) is 0 Å². The second-order valence-corrected chi connectivity index (χ2v) is 3.91. The van der Waals surface area contributed by atoms with Gasteiger partial charge in [0.05, 0.1) is 18.7 Å². The van der Waals surface area contributed by atoms with E-state index in [0.29, 0.717) is 12.5 Å². The number of carbonyl (C=O) groups excluding carboxylic acids is 1. The quantitative estimate of drug-likeness (QED) is 0.493. The molecule has 0 saturated heterocycles. The van der Waals surface area contributed by atoms with Crippen LogP contribution in [0.1, 0.15) is 16.7 Å². The smallest absolute Gasteiger partial charge is 0.332 e. The first-order chi connectivity index (χ1) is 8.70. The number of hydrazone groups is 1. The first-order valence-electron chi connectivity index (χ1n) is 5.21. The lowest BCUT2D eigenvalue weighted by atomic mass is 10.1. The predicted molar refractivity (Wildman–Crippen MR) is 66.6 cm³/mol. The second-order valence-electron chi connectivity index (χ2n) is 3.65. The number of amides is 2. The van der Waals surface area contributed by atoms with E-state index in [0.717, 1.165) is 22.4 Å². The molecule has 1 aromatic carbocycles. The van der Waals surface area contributed by atoms with Gasteiger partial charge in [0, 0.05) is 11.1 Å². The summed E-state index contributed by atoms with van der Waals surface area (Å²) < 4.78 is 10.6. The monoisotopic (exact) mass is 269 g/mol. The number of hydrogen-bond acceptors (Lipinski definition) is 4. The van der Waals surface area contributed by atoms with Crippen LogP contribution in [0.2, 0.25) is 0 Å². The molecule has 3 N–H and O–H groups in total. The number of hydrogen-bond donors (Lipinski definition) is 2. The van der Waals surface area contributed by atoms with Crippen molar-refractivity contribution in [3.05, 3.63) is 28.8 Å². The molecule has 96 valence electrons. The minimum absolute atomic E-state index is 0.230. The topological polar surface area (TPSA) is 85.9 Å². The first-order valence-corrected chi connectivity index (χ1v) is 5.75. The minimum atomic E-state index is -0.714. The third-order valence-electron chi connectivity index (χ3n) is 2.34. The van der Waals surface area contributed by atoms with E-state index >= 15 is 0 Å². The molecule has 18 heavy (non-hydrogen) atoms. The zero-order valence-corrected chi connectivity index (χ0v) is 10.2. The molecule has 1 heterocycles. The number of nitrogens with zero attached hydrogens (tertiary/aromatic N) is 1. The summed E-state index contributed by atoms with van der Waals surface area (Å²) in [5.74, 6) is 1.09. The Kier molecular flexibility index (Phi) is 4.01. The second kappa shape index (κ2) is 5.70. The van der Waals surface area contributed by atoms with Crippen molar-refractivity contribution in [2.45, 2.75) is 12.5 Å². The molecule has 7 heteroatoms. The number of benzene rings is 1. The molecule has 1 aliphatic heterocycles. The Morgan fingerprint density at radius 2 is 2.44 bits per heavy atom. The number of halogens is 1. The van der Waals surface area contributed by atoms with Crippen molar-refractivity contribution in [1.29, 1.82) is 0 Å². The zero-order valence-electron chi connectivity index (χ0n) is 9.48. The average Bonchev–Trinajstić information content (AvgIpc) is 2.37. The van der Waals surface area contributed by atoms with Crippen molar-refractivity contribution in [1.82, 2.24) is 5.43 Å². The maximum Gasteiger partial charge on any atom is 0.332 e. The SMILES string of the molecule is NC(=O)NN=Cc1cc(CCl)c2c(c1)COCO2. The molecule has 2 rings (SSSR count). The van der Waals surface area contributed by atoms with Crippen LogP contribution in [0.5, 0.6) is 5.75 Å². The number of nitrogens with one attached hydrogen (secondary N) is 1. The summed E-state index contributed by atoms with van der Waals surface area (Å²) in [5, 5.41) is 3.69. The summed E-state index contributed by atoms with van der Waals surface area (Å²) in [6, 6.07) is 2.98. The lowest BCUT2D eigenvalue weighted by Crippen LogP contribution is -2.24. The molecule has 0 saturated carbocycles. The summed E-state index contributed by atoms with van der Waals surface area (Å²) in [6.45, 7) is 0.692. The number of rotatable bonds is 3. The third-order valence-corrected chi connectivity index (χ3v) is 2.63. The van der Waals surface area contributed by atoms with Gasteiger partial charge in [-0.1, -0.05) is 0 Å². The van der Waals surface area contributed by atoms with Gasteiger partial charge in [-0.2, -0.15) is 5.10 Å². The van der Waals surface area contributed by atoms with Crippen LogP contribution in [0.4, 0.5) is 4.79 Å². The highest BCUT2D eigenvalue weighted by atomic mass is 35.5. The highest BCUT2D eigenvalue weighted by Gasteiger charge is 2.15. The van der Waals surface area contributed by atoms with E-state index in [1.165, 1.54) is 6.21 Å². The normalized spacial score (nSPS) is 14.1. The van der Waals surface area contributed by atoms with E-state index < -0.39 is 6.03 Å². The van der Waals surface area contributed by atoms with E-state index in [9.17, 15) is 4.79 Å². The van der Waals surface area contributed by atoms with E-state index in [4.69, 9.17) is 26.8 Å². The van der Waals surface area contributed by atoms with Crippen LogP contribution in [0.25, 0.3) is 0 Å². The van der Waals surface area contributed by atoms with E-state index in [1.54, 1.807) is 0 Å². The number of ether oxygens (including phenoxy) is 2. The van der Waals surface area contributed by atoms with Crippen LogP contribution in [-0.4, -0.2) is 19.0 Å². The minimum Gasteiger partial charge on any atom is -0.467 e. The van der Waals surface area contributed by atoms with Crippen LogP contribution in [-0.2, 0) is 17.2 Å². The molecule has 0 aliphatic carbocycles. The molecule has 6 nitrogen and oxygen atoms in total. The molecule has 2 amide bonds. The van der Waals surface area contributed by atoms with Crippen molar-refractivity contribution in [3.8, 4) is 5.75 Å². The van der Waals surface area contributed by atoms with Crippen molar-refractivity contribution in [2.75, 3.05) is 6.79 Å². The van der Waals surface area contributed by atoms with Gasteiger partial charge in [0.1, 0.15) is 5.75 Å². The molecule has 1 aromatic rings. The van der Waals surface area contributed by atoms with Crippen LogP contribution < -0.4 is 15.9 Å². The molecule has 0 radical (unpaired) electrons. The lowest BCUT2D eigenvalue weighted by Gasteiger charge is -2.20. The van der Waals surface area contributed by atoms with Gasteiger partial charge >= 0.3 is 6.03 Å². The number of nitrogens with two attached hydrogens (primary N) is 1. The lowest BCUT2D eigenvalue weighted by molar-refractivity contribution is -0.0169. The molecule has 0 atom stereocenters. The van der Waals surface area contributed by atoms with Gasteiger partial charge in [-0.3, -0.25) is 0 Å². The number of alkyl halides is 1. The Morgan fingerprint density at radius 1 is 1.61 bits per heavy atom. The average molecular weight is 270 g/mol. The third kappa shape index (κ3) is 2.91. The van der Waals surface area contributed by atoms with Crippen LogP contribution in [0, 0.1) is 0 Å². The Labute approximate surface area is 109 Å². The molecule has 0 fully saturated rings. The molecule has 0 bridgehead atoms. The van der Waals surface area contributed by atoms with Gasteiger partial charge in [0.15, 0.2) is 6.79 Å². The summed E-state index contributed by atoms with van der Waals surface area (Å²) in [7, 11) is 0. The highest BCUT2D eigenvalue weighted by Crippen LogP contribution is 2.30. The Hall–Kier alpha value is -1.79. The van der Waals surface area contributed by atoms with Crippen molar-refractivity contribution < 1.29 is 14.3 Å². The largest absolute Gasteiger partial charge is 0.467 e. The molecular formula is C11H12ClN3O3.